The van der Waals surface area contributed by atoms with E-state index in [2.05, 4.69) is 34.7 Å². The van der Waals surface area contributed by atoms with Crippen LogP contribution in [0, 0.1) is 6.92 Å². The summed E-state index contributed by atoms with van der Waals surface area (Å²) < 4.78 is 1.44. The summed E-state index contributed by atoms with van der Waals surface area (Å²) in [5, 5.41) is 17.0. The number of amides is 2. The number of aliphatic hydroxyl groups is 1. The maximum atomic E-state index is 13.4. The third kappa shape index (κ3) is 3.80. The Kier molecular flexibility index (Phi) is 5.17. The van der Waals surface area contributed by atoms with Gasteiger partial charge in [-0.25, -0.2) is 0 Å². The molecule has 7 heteroatoms. The van der Waals surface area contributed by atoms with Crippen LogP contribution in [-0.2, 0) is 13.1 Å². The van der Waals surface area contributed by atoms with Gasteiger partial charge in [0, 0.05) is 25.2 Å². The van der Waals surface area contributed by atoms with Crippen molar-refractivity contribution in [1.29, 1.82) is 0 Å². The number of hydrogen-bond donors (Lipinski definition) is 2. The van der Waals surface area contributed by atoms with E-state index >= 15 is 0 Å². The largest absolute Gasteiger partial charge is 0.389 e. The number of nitrogens with zero attached hydrogens (tertiary/aromatic N) is 3. The molecule has 1 unspecified atom stereocenters. The van der Waals surface area contributed by atoms with E-state index in [-0.39, 0.29) is 36.6 Å². The van der Waals surface area contributed by atoms with Gasteiger partial charge in [0.1, 0.15) is 5.69 Å². The fraction of sp³-hybridized carbons (Fsp3) is 0.476. The third-order valence-corrected chi connectivity index (χ3v) is 5.61. The minimum absolute atomic E-state index is 0.157. The fourth-order valence-corrected chi connectivity index (χ4v) is 4.03. The summed E-state index contributed by atoms with van der Waals surface area (Å²) in [7, 11) is 0. The lowest BCUT2D eigenvalue weighted by Crippen LogP contribution is -2.38. The summed E-state index contributed by atoms with van der Waals surface area (Å²) in [5.41, 5.74) is 2.85. The molecule has 0 bridgehead atoms. The van der Waals surface area contributed by atoms with Gasteiger partial charge >= 0.3 is 0 Å². The first-order valence-electron chi connectivity index (χ1n) is 9.92. The van der Waals surface area contributed by atoms with Crippen LogP contribution in [0.4, 0.5) is 0 Å². The lowest BCUT2D eigenvalue weighted by Gasteiger charge is -2.28. The van der Waals surface area contributed by atoms with Crippen LogP contribution in [0.3, 0.4) is 0 Å². The van der Waals surface area contributed by atoms with Crippen LogP contribution < -0.4 is 5.32 Å². The highest BCUT2D eigenvalue weighted by atomic mass is 16.3. The summed E-state index contributed by atoms with van der Waals surface area (Å²) in [4.78, 5) is 27.5. The molecule has 2 aromatic rings. The van der Waals surface area contributed by atoms with Crippen LogP contribution >= 0.6 is 0 Å². The number of rotatable bonds is 4. The number of carbonyl (C=O) groups excluding carboxylic acids is 2. The van der Waals surface area contributed by atoms with Gasteiger partial charge in [0.25, 0.3) is 11.8 Å². The zero-order valence-electron chi connectivity index (χ0n) is 16.1. The number of aryl methyl sites for hydroxylation is 1. The number of nitrogens with one attached hydrogen (secondary N) is 1. The highest BCUT2D eigenvalue weighted by Crippen LogP contribution is 2.27. The number of fused-ring (bicyclic) bond motifs is 1. The van der Waals surface area contributed by atoms with Gasteiger partial charge in [-0.3, -0.25) is 14.3 Å². The van der Waals surface area contributed by atoms with Gasteiger partial charge in [0.05, 0.1) is 12.6 Å². The molecule has 1 fully saturated rings. The molecule has 148 valence electrons. The summed E-state index contributed by atoms with van der Waals surface area (Å²) in [6, 6.07) is 9.95. The van der Waals surface area contributed by atoms with Gasteiger partial charge in [-0.15, -0.1) is 0 Å². The Morgan fingerprint density at radius 3 is 2.71 bits per heavy atom. The number of β-amino-alcohol motifs (C(OH)–C–C–N with tert-alkyl or cyclic N) is 1. The lowest BCUT2D eigenvalue weighted by molar-refractivity contribution is 0.0656. The van der Waals surface area contributed by atoms with Crippen LogP contribution in [0.2, 0.25) is 0 Å². The van der Waals surface area contributed by atoms with Crippen molar-refractivity contribution < 1.29 is 14.7 Å². The Labute approximate surface area is 164 Å². The Morgan fingerprint density at radius 1 is 1.29 bits per heavy atom. The summed E-state index contributed by atoms with van der Waals surface area (Å²) in [5.74, 6) is -0.468. The van der Waals surface area contributed by atoms with E-state index in [9.17, 15) is 14.7 Å². The lowest BCUT2D eigenvalue weighted by atomic mass is 10.1. The molecule has 1 aliphatic heterocycles. The van der Waals surface area contributed by atoms with Crippen LogP contribution in [0.15, 0.2) is 30.3 Å². The van der Waals surface area contributed by atoms with E-state index in [1.54, 1.807) is 6.07 Å². The smallest absolute Gasteiger partial charge is 0.274 e. The van der Waals surface area contributed by atoms with Crippen LogP contribution in [0.1, 0.15) is 57.8 Å². The zero-order chi connectivity index (χ0) is 19.7. The van der Waals surface area contributed by atoms with Crippen molar-refractivity contribution in [3.05, 3.63) is 52.8 Å². The number of benzene rings is 1. The molecule has 2 aliphatic rings. The van der Waals surface area contributed by atoms with Crippen molar-refractivity contribution in [3.8, 4) is 0 Å². The molecule has 7 nitrogen and oxygen atoms in total. The van der Waals surface area contributed by atoms with Crippen LogP contribution in [0.5, 0.6) is 0 Å². The van der Waals surface area contributed by atoms with Crippen molar-refractivity contribution in [3.63, 3.8) is 0 Å². The maximum absolute atomic E-state index is 13.4. The Hall–Kier alpha value is -2.67. The average molecular weight is 382 g/mol. The van der Waals surface area contributed by atoms with Gasteiger partial charge in [-0.1, -0.05) is 42.7 Å². The summed E-state index contributed by atoms with van der Waals surface area (Å²) >= 11 is 0. The molecule has 0 spiro atoms. The second-order valence-electron chi connectivity index (χ2n) is 7.82. The van der Waals surface area contributed by atoms with E-state index < -0.39 is 6.10 Å². The topological polar surface area (TPSA) is 87.5 Å². The average Bonchev–Trinajstić information content (AvgIpc) is 3.33. The number of aromatic nitrogens is 2. The highest BCUT2D eigenvalue weighted by molar-refractivity contribution is 5.98. The Balaban J connectivity index is 1.62. The molecule has 2 N–H and O–H groups in total. The van der Waals surface area contributed by atoms with Gasteiger partial charge in [0.2, 0.25) is 0 Å². The highest BCUT2D eigenvalue weighted by Gasteiger charge is 2.31. The molecule has 0 saturated heterocycles. The molecule has 1 aromatic carbocycles. The van der Waals surface area contributed by atoms with Crippen LogP contribution in [0.25, 0.3) is 0 Å². The third-order valence-electron chi connectivity index (χ3n) is 5.61. The minimum Gasteiger partial charge on any atom is -0.389 e. The predicted molar refractivity (Wildman–Crippen MR) is 104 cm³/mol. The van der Waals surface area contributed by atoms with Crippen molar-refractivity contribution in [2.24, 2.45) is 0 Å². The molecule has 1 aliphatic carbocycles. The van der Waals surface area contributed by atoms with E-state index in [0.29, 0.717) is 12.2 Å². The van der Waals surface area contributed by atoms with Crippen molar-refractivity contribution >= 4 is 11.8 Å². The second kappa shape index (κ2) is 7.75. The SMILES string of the molecule is Cc1ccc(CN(C(=O)c2cc3n(n2)CC(O)CNC3=O)C2CCCC2)cc1. The van der Waals surface area contributed by atoms with Crippen molar-refractivity contribution in [1.82, 2.24) is 20.0 Å². The molecule has 2 amide bonds. The van der Waals surface area contributed by atoms with Gasteiger partial charge in [-0.05, 0) is 25.3 Å². The monoisotopic (exact) mass is 382 g/mol. The van der Waals surface area contributed by atoms with Crippen molar-refractivity contribution in [2.75, 3.05) is 6.54 Å². The van der Waals surface area contributed by atoms with Gasteiger partial charge < -0.3 is 15.3 Å². The molecular weight excluding hydrogens is 356 g/mol. The van der Waals surface area contributed by atoms with Crippen LogP contribution in [-0.4, -0.2) is 50.3 Å². The van der Waals surface area contributed by atoms with E-state index in [0.717, 1.165) is 31.2 Å². The van der Waals surface area contributed by atoms with E-state index in [1.165, 1.54) is 10.2 Å². The second-order valence-corrected chi connectivity index (χ2v) is 7.82. The van der Waals surface area contributed by atoms with Gasteiger partial charge in [0.15, 0.2) is 5.69 Å². The Bertz CT molecular complexity index is 868. The molecule has 1 saturated carbocycles. The predicted octanol–water partition coefficient (Wildman–Crippen LogP) is 1.88. The van der Waals surface area contributed by atoms with Gasteiger partial charge in [-0.2, -0.15) is 5.10 Å². The first-order chi connectivity index (χ1) is 13.5. The first kappa shape index (κ1) is 18.7. The standard InChI is InChI=1S/C21H26N4O3/c1-14-6-8-15(9-7-14)12-24(16-4-2-3-5-16)21(28)18-10-19-20(27)22-11-17(26)13-25(19)23-18/h6-10,16-17,26H,2-5,11-13H2,1H3,(H,22,27). The fourth-order valence-electron chi connectivity index (χ4n) is 4.03. The molecule has 28 heavy (non-hydrogen) atoms. The molecular formula is C21H26N4O3. The minimum atomic E-state index is -0.716. The molecule has 1 atom stereocenters. The Morgan fingerprint density at radius 2 is 2.00 bits per heavy atom. The number of carbonyl (C=O) groups is 2. The maximum Gasteiger partial charge on any atom is 0.274 e. The van der Waals surface area contributed by atoms with Crippen molar-refractivity contribution in [2.45, 2.75) is 57.8 Å². The zero-order valence-corrected chi connectivity index (χ0v) is 16.1. The molecule has 1 aromatic heterocycles. The molecule has 4 rings (SSSR count). The molecule has 0 radical (unpaired) electrons. The quantitative estimate of drug-likeness (QED) is 0.845. The van der Waals surface area contributed by atoms with E-state index in [4.69, 9.17) is 0 Å². The number of aliphatic hydroxyl groups excluding tert-OH is 1. The van der Waals surface area contributed by atoms with E-state index in [1.807, 2.05) is 11.8 Å². The normalized spacial score (nSPS) is 19.8. The number of hydrogen-bond acceptors (Lipinski definition) is 4. The first-order valence-corrected chi connectivity index (χ1v) is 9.92. The summed E-state index contributed by atoms with van der Waals surface area (Å²) in [6.07, 6.45) is 3.51. The molecule has 2 heterocycles. The summed E-state index contributed by atoms with van der Waals surface area (Å²) in [6.45, 7) is 2.96.